The number of rotatable bonds is 7. The van der Waals surface area contributed by atoms with Crippen molar-refractivity contribution in [3.05, 3.63) is 52.0 Å². The lowest BCUT2D eigenvalue weighted by Gasteiger charge is -2.23. The van der Waals surface area contributed by atoms with Crippen molar-refractivity contribution in [2.24, 2.45) is 0 Å². The Hall–Kier alpha value is -1.23. The number of benzene rings is 1. The summed E-state index contributed by atoms with van der Waals surface area (Å²) in [6, 6.07) is 9.10. The number of aryl methyl sites for hydroxylation is 1. The van der Waals surface area contributed by atoms with Gasteiger partial charge in [-0.3, -0.25) is 9.88 Å². The molecule has 120 valence electrons. The van der Waals surface area contributed by atoms with Crippen LogP contribution >= 0.6 is 11.3 Å². The fourth-order valence-electron chi connectivity index (χ4n) is 2.34. The van der Waals surface area contributed by atoms with Gasteiger partial charge in [-0.05, 0) is 51.8 Å². The fraction of sp³-hybridized carbons (Fsp3) is 0.500. The molecule has 0 aliphatic heterocycles. The van der Waals surface area contributed by atoms with Gasteiger partial charge in [0.25, 0.3) is 0 Å². The second kappa shape index (κ2) is 7.36. The van der Waals surface area contributed by atoms with Crippen LogP contribution < -0.4 is 0 Å². The molecule has 0 aliphatic rings. The molecule has 0 unspecified atom stereocenters. The third-order valence-corrected chi connectivity index (χ3v) is 4.95. The molecule has 22 heavy (non-hydrogen) atoms. The zero-order valence-corrected chi connectivity index (χ0v) is 14.7. The van der Waals surface area contributed by atoms with E-state index in [1.54, 1.807) is 11.3 Å². The normalized spacial score (nSPS) is 13.5. The largest absolute Gasteiger partial charge is 0.390 e. The van der Waals surface area contributed by atoms with Crippen LogP contribution in [0.15, 0.2) is 36.0 Å². The zero-order chi connectivity index (χ0) is 16.2. The van der Waals surface area contributed by atoms with Gasteiger partial charge >= 0.3 is 0 Å². The minimum Gasteiger partial charge on any atom is -0.390 e. The molecule has 3 nitrogen and oxygen atoms in total. The summed E-state index contributed by atoms with van der Waals surface area (Å²) < 4.78 is 0. The molecule has 0 saturated carbocycles. The summed E-state index contributed by atoms with van der Waals surface area (Å²) in [5.41, 5.74) is 3.88. The van der Waals surface area contributed by atoms with Gasteiger partial charge in [0.05, 0.1) is 11.1 Å². The Morgan fingerprint density at radius 3 is 2.41 bits per heavy atom. The van der Waals surface area contributed by atoms with Crippen LogP contribution in [0.3, 0.4) is 0 Å². The van der Waals surface area contributed by atoms with Crippen molar-refractivity contribution in [1.29, 1.82) is 0 Å². The summed E-state index contributed by atoms with van der Waals surface area (Å²) in [7, 11) is 2.15. The summed E-state index contributed by atoms with van der Waals surface area (Å²) in [6.45, 7) is 6.85. The average Bonchev–Trinajstić information content (AvgIpc) is 2.99. The van der Waals surface area contributed by atoms with Crippen LogP contribution in [0.1, 0.15) is 49.2 Å². The van der Waals surface area contributed by atoms with Crippen LogP contribution in [-0.4, -0.2) is 27.6 Å². The average molecular weight is 318 g/mol. The predicted molar refractivity (Wildman–Crippen MR) is 93.1 cm³/mol. The molecule has 0 fully saturated rings. The molecule has 0 bridgehead atoms. The third kappa shape index (κ3) is 5.20. The Bertz CT molecular complexity index is 558. The lowest BCUT2D eigenvalue weighted by molar-refractivity contribution is 0.0714. The standard InChI is InChI=1S/C18H26N2OS/c1-14(17-11-19-13-22-17)20(4)12-16-7-5-15(6-8-16)9-10-18(2,3)21/h5-8,11,13-14,21H,9-10,12H2,1-4H3/t14-/m1/s1. The van der Waals surface area contributed by atoms with Gasteiger partial charge in [-0.25, -0.2) is 0 Å². The first-order chi connectivity index (χ1) is 10.3. The molecule has 0 spiro atoms. The van der Waals surface area contributed by atoms with E-state index in [0.29, 0.717) is 6.04 Å². The van der Waals surface area contributed by atoms with Gasteiger partial charge in [0.15, 0.2) is 0 Å². The molecule has 2 rings (SSSR count). The van der Waals surface area contributed by atoms with E-state index in [4.69, 9.17) is 0 Å². The fourth-order valence-corrected chi connectivity index (χ4v) is 3.08. The summed E-state index contributed by atoms with van der Waals surface area (Å²) in [5, 5.41) is 9.79. The molecule has 1 N–H and O–H groups in total. The number of nitrogens with zero attached hydrogens (tertiary/aromatic N) is 2. The van der Waals surface area contributed by atoms with Crippen LogP contribution in [-0.2, 0) is 13.0 Å². The van der Waals surface area contributed by atoms with Gasteiger partial charge in [0.2, 0.25) is 0 Å². The first-order valence-corrected chi connectivity index (χ1v) is 8.62. The summed E-state index contributed by atoms with van der Waals surface area (Å²) in [6.07, 6.45) is 3.65. The number of aromatic nitrogens is 1. The van der Waals surface area contributed by atoms with Gasteiger partial charge in [-0.2, -0.15) is 0 Å². The molecule has 1 aromatic carbocycles. The lowest BCUT2D eigenvalue weighted by Crippen LogP contribution is -2.21. The molecule has 0 radical (unpaired) electrons. The second-order valence-electron chi connectivity index (χ2n) is 6.62. The minimum absolute atomic E-state index is 0.377. The molecule has 2 aromatic rings. The minimum atomic E-state index is -0.594. The van der Waals surface area contributed by atoms with Crippen LogP contribution in [0.2, 0.25) is 0 Å². The Kier molecular flexibility index (Phi) is 5.73. The number of hydrogen-bond acceptors (Lipinski definition) is 4. The van der Waals surface area contributed by atoms with E-state index in [1.165, 1.54) is 16.0 Å². The van der Waals surface area contributed by atoms with E-state index in [2.05, 4.69) is 48.1 Å². The molecule has 1 aromatic heterocycles. The summed E-state index contributed by atoms with van der Waals surface area (Å²) >= 11 is 1.70. The van der Waals surface area contributed by atoms with E-state index in [9.17, 15) is 5.11 Å². The van der Waals surface area contributed by atoms with Gasteiger partial charge < -0.3 is 5.11 Å². The highest BCUT2D eigenvalue weighted by Gasteiger charge is 2.14. The van der Waals surface area contributed by atoms with Crippen molar-refractivity contribution < 1.29 is 5.11 Å². The highest BCUT2D eigenvalue weighted by molar-refractivity contribution is 7.09. The molecule has 1 atom stereocenters. The molecule has 1 heterocycles. The smallest absolute Gasteiger partial charge is 0.0794 e. The summed E-state index contributed by atoms with van der Waals surface area (Å²) in [5.74, 6) is 0. The Balaban J connectivity index is 1.90. The van der Waals surface area contributed by atoms with E-state index >= 15 is 0 Å². The topological polar surface area (TPSA) is 36.4 Å². The van der Waals surface area contributed by atoms with E-state index < -0.39 is 5.60 Å². The lowest BCUT2D eigenvalue weighted by atomic mass is 9.98. The van der Waals surface area contributed by atoms with Crippen LogP contribution in [0.5, 0.6) is 0 Å². The van der Waals surface area contributed by atoms with Gasteiger partial charge in [-0.15, -0.1) is 11.3 Å². The zero-order valence-electron chi connectivity index (χ0n) is 13.9. The SMILES string of the molecule is C[C@H](c1cncs1)N(C)Cc1ccc(CCC(C)(C)O)cc1. The first kappa shape index (κ1) is 17.1. The molecular weight excluding hydrogens is 292 g/mol. The molecule has 0 amide bonds. The Morgan fingerprint density at radius 1 is 1.23 bits per heavy atom. The van der Waals surface area contributed by atoms with Crippen molar-refractivity contribution in [3.63, 3.8) is 0 Å². The van der Waals surface area contributed by atoms with Crippen molar-refractivity contribution in [1.82, 2.24) is 9.88 Å². The van der Waals surface area contributed by atoms with Crippen molar-refractivity contribution in [2.75, 3.05) is 7.05 Å². The van der Waals surface area contributed by atoms with E-state index in [1.807, 2.05) is 25.6 Å². The number of aliphatic hydroxyl groups is 1. The monoisotopic (exact) mass is 318 g/mol. The maximum Gasteiger partial charge on any atom is 0.0794 e. The van der Waals surface area contributed by atoms with Crippen molar-refractivity contribution in [3.8, 4) is 0 Å². The third-order valence-electron chi connectivity index (χ3n) is 4.00. The second-order valence-corrected chi connectivity index (χ2v) is 7.54. The maximum atomic E-state index is 9.79. The quantitative estimate of drug-likeness (QED) is 0.837. The van der Waals surface area contributed by atoms with E-state index in [0.717, 1.165) is 19.4 Å². The molecular formula is C18H26N2OS. The highest BCUT2D eigenvalue weighted by atomic mass is 32.1. The van der Waals surface area contributed by atoms with Crippen molar-refractivity contribution in [2.45, 2.75) is 51.8 Å². The van der Waals surface area contributed by atoms with Crippen LogP contribution in [0.25, 0.3) is 0 Å². The van der Waals surface area contributed by atoms with Crippen molar-refractivity contribution >= 4 is 11.3 Å². The van der Waals surface area contributed by atoms with E-state index in [-0.39, 0.29) is 0 Å². The van der Waals surface area contributed by atoms with Gasteiger partial charge in [0.1, 0.15) is 0 Å². The van der Waals surface area contributed by atoms with Gasteiger partial charge in [-0.1, -0.05) is 24.3 Å². The molecule has 0 aliphatic carbocycles. The molecule has 0 saturated heterocycles. The highest BCUT2D eigenvalue weighted by Crippen LogP contribution is 2.23. The number of hydrogen-bond donors (Lipinski definition) is 1. The predicted octanol–water partition coefficient (Wildman–Crippen LogP) is 4.04. The van der Waals surface area contributed by atoms with Crippen LogP contribution in [0, 0.1) is 0 Å². The maximum absolute atomic E-state index is 9.79. The number of thiazole rings is 1. The van der Waals surface area contributed by atoms with Gasteiger partial charge in [0, 0.05) is 23.7 Å². The van der Waals surface area contributed by atoms with Crippen LogP contribution in [0.4, 0.5) is 0 Å². The Labute approximate surface area is 137 Å². The molecule has 4 heteroatoms. The Morgan fingerprint density at radius 2 is 1.86 bits per heavy atom. The first-order valence-electron chi connectivity index (χ1n) is 7.74. The summed E-state index contributed by atoms with van der Waals surface area (Å²) in [4.78, 5) is 7.78.